The Balaban J connectivity index is 1.88. The molecule has 2 rings (SSSR count). The summed E-state index contributed by atoms with van der Waals surface area (Å²) in [6, 6.07) is 4.16. The number of rotatable bonds is 6. The van der Waals surface area contributed by atoms with Crippen LogP contribution in [0.2, 0.25) is 0 Å². The van der Waals surface area contributed by atoms with Crippen LogP contribution in [-0.2, 0) is 11.2 Å². The average Bonchev–Trinajstić information content (AvgIpc) is 2.92. The van der Waals surface area contributed by atoms with Crippen molar-refractivity contribution in [2.24, 2.45) is 5.84 Å². The fourth-order valence-electron chi connectivity index (χ4n) is 2.47. The van der Waals surface area contributed by atoms with Crippen molar-refractivity contribution in [3.8, 4) is 0 Å². The average molecular weight is 270 g/mol. The summed E-state index contributed by atoms with van der Waals surface area (Å²) < 4.78 is 32.2. The van der Waals surface area contributed by atoms with Crippen LogP contribution in [0, 0.1) is 11.6 Å². The van der Waals surface area contributed by atoms with Gasteiger partial charge in [-0.25, -0.2) is 8.78 Å². The SMILES string of the molecule is NNC(CCC1CCCO1)Cc1cccc(F)c1F. The second-order valence-electron chi connectivity index (χ2n) is 4.99. The molecule has 0 amide bonds. The zero-order valence-corrected chi connectivity index (χ0v) is 10.9. The molecule has 3 N–H and O–H groups in total. The Morgan fingerprint density at radius 3 is 2.95 bits per heavy atom. The molecule has 1 aromatic rings. The van der Waals surface area contributed by atoms with Gasteiger partial charge < -0.3 is 4.74 Å². The maximum atomic E-state index is 13.6. The summed E-state index contributed by atoms with van der Waals surface area (Å²) in [5.74, 6) is 3.90. The zero-order valence-electron chi connectivity index (χ0n) is 10.9. The van der Waals surface area contributed by atoms with Crippen LogP contribution in [0.25, 0.3) is 0 Å². The number of halogens is 2. The second-order valence-corrected chi connectivity index (χ2v) is 4.99. The van der Waals surface area contributed by atoms with Gasteiger partial charge in [0.15, 0.2) is 11.6 Å². The van der Waals surface area contributed by atoms with Gasteiger partial charge in [-0.2, -0.15) is 0 Å². The van der Waals surface area contributed by atoms with E-state index >= 15 is 0 Å². The van der Waals surface area contributed by atoms with Gasteiger partial charge in [-0.3, -0.25) is 11.3 Å². The Labute approximate surface area is 112 Å². The fraction of sp³-hybridized carbons (Fsp3) is 0.571. The second kappa shape index (κ2) is 6.93. The molecule has 3 nitrogen and oxygen atoms in total. The molecule has 1 fully saturated rings. The predicted molar refractivity (Wildman–Crippen MR) is 69.4 cm³/mol. The summed E-state index contributed by atoms with van der Waals surface area (Å²) in [6.45, 7) is 0.823. The number of nitrogens with one attached hydrogen (secondary N) is 1. The van der Waals surface area contributed by atoms with Gasteiger partial charge in [0.25, 0.3) is 0 Å². The zero-order chi connectivity index (χ0) is 13.7. The Hall–Kier alpha value is -1.04. The van der Waals surface area contributed by atoms with Gasteiger partial charge in [0, 0.05) is 12.6 Å². The smallest absolute Gasteiger partial charge is 0.162 e. The molecule has 1 heterocycles. The van der Waals surface area contributed by atoms with Crippen molar-refractivity contribution in [2.75, 3.05) is 6.61 Å². The van der Waals surface area contributed by atoms with E-state index in [0.717, 1.165) is 38.4 Å². The number of nitrogens with two attached hydrogens (primary N) is 1. The number of hydrogen-bond donors (Lipinski definition) is 2. The summed E-state index contributed by atoms with van der Waals surface area (Å²) in [5, 5.41) is 0. The first-order chi connectivity index (χ1) is 9.20. The van der Waals surface area contributed by atoms with Gasteiger partial charge in [0.2, 0.25) is 0 Å². The van der Waals surface area contributed by atoms with Gasteiger partial charge in [0.05, 0.1) is 6.10 Å². The van der Waals surface area contributed by atoms with E-state index in [4.69, 9.17) is 10.6 Å². The molecule has 2 atom stereocenters. The Kier molecular flexibility index (Phi) is 5.24. The van der Waals surface area contributed by atoms with Crippen LogP contribution in [0.3, 0.4) is 0 Å². The Morgan fingerprint density at radius 2 is 2.26 bits per heavy atom. The van der Waals surface area contributed by atoms with E-state index in [1.165, 1.54) is 6.07 Å². The van der Waals surface area contributed by atoms with Crippen LogP contribution in [0.1, 0.15) is 31.2 Å². The number of ether oxygens (including phenoxy) is 1. The van der Waals surface area contributed by atoms with E-state index in [-0.39, 0.29) is 12.1 Å². The maximum absolute atomic E-state index is 13.6. The van der Waals surface area contributed by atoms with Gasteiger partial charge in [-0.15, -0.1) is 0 Å². The topological polar surface area (TPSA) is 47.3 Å². The molecule has 0 bridgehead atoms. The van der Waals surface area contributed by atoms with Crippen molar-refractivity contribution in [3.05, 3.63) is 35.4 Å². The summed E-state index contributed by atoms with van der Waals surface area (Å²) in [5.41, 5.74) is 3.03. The highest BCUT2D eigenvalue weighted by Crippen LogP contribution is 2.20. The normalized spacial score (nSPS) is 20.7. The van der Waals surface area contributed by atoms with E-state index in [9.17, 15) is 8.78 Å². The van der Waals surface area contributed by atoms with E-state index in [0.29, 0.717) is 12.0 Å². The molecular weight excluding hydrogens is 250 g/mol. The highest BCUT2D eigenvalue weighted by Gasteiger charge is 2.19. The van der Waals surface area contributed by atoms with Crippen LogP contribution < -0.4 is 11.3 Å². The molecule has 1 aliphatic heterocycles. The highest BCUT2D eigenvalue weighted by atomic mass is 19.2. The first-order valence-electron chi connectivity index (χ1n) is 6.71. The molecule has 2 unspecified atom stereocenters. The van der Waals surface area contributed by atoms with Gasteiger partial charge >= 0.3 is 0 Å². The van der Waals surface area contributed by atoms with Crippen molar-refractivity contribution < 1.29 is 13.5 Å². The summed E-state index contributed by atoms with van der Waals surface area (Å²) in [4.78, 5) is 0. The number of benzene rings is 1. The van der Waals surface area contributed by atoms with Crippen LogP contribution in [0.5, 0.6) is 0 Å². The lowest BCUT2D eigenvalue weighted by Crippen LogP contribution is -2.37. The van der Waals surface area contributed by atoms with Crippen molar-refractivity contribution in [1.29, 1.82) is 0 Å². The van der Waals surface area contributed by atoms with Crippen molar-refractivity contribution in [1.82, 2.24) is 5.43 Å². The lowest BCUT2D eigenvalue weighted by atomic mass is 9.99. The molecule has 19 heavy (non-hydrogen) atoms. The first-order valence-corrected chi connectivity index (χ1v) is 6.71. The third-order valence-electron chi connectivity index (χ3n) is 3.59. The molecule has 106 valence electrons. The summed E-state index contributed by atoms with van der Waals surface area (Å²) >= 11 is 0. The third kappa shape index (κ3) is 3.96. The van der Waals surface area contributed by atoms with Gasteiger partial charge in [0.1, 0.15) is 0 Å². The predicted octanol–water partition coefficient (Wildman–Crippen LogP) is 2.30. The molecule has 0 aliphatic carbocycles. The molecule has 0 spiro atoms. The van der Waals surface area contributed by atoms with Crippen LogP contribution in [0.15, 0.2) is 18.2 Å². The molecule has 0 aromatic heterocycles. The molecular formula is C14H20F2N2O. The van der Waals surface area contributed by atoms with E-state index in [1.54, 1.807) is 6.07 Å². The van der Waals surface area contributed by atoms with E-state index < -0.39 is 11.6 Å². The van der Waals surface area contributed by atoms with Gasteiger partial charge in [-0.05, 0) is 43.7 Å². The molecule has 1 aliphatic rings. The van der Waals surface area contributed by atoms with E-state index in [2.05, 4.69) is 5.43 Å². The highest BCUT2D eigenvalue weighted by molar-refractivity contribution is 5.20. The molecule has 1 aromatic carbocycles. The first kappa shape index (κ1) is 14.4. The molecule has 1 saturated heterocycles. The van der Waals surface area contributed by atoms with Crippen LogP contribution in [0.4, 0.5) is 8.78 Å². The minimum absolute atomic E-state index is 0.0690. The Morgan fingerprint density at radius 1 is 1.42 bits per heavy atom. The molecule has 5 heteroatoms. The van der Waals surface area contributed by atoms with Crippen LogP contribution >= 0.6 is 0 Å². The van der Waals surface area contributed by atoms with E-state index in [1.807, 2.05) is 0 Å². The van der Waals surface area contributed by atoms with Crippen molar-refractivity contribution in [3.63, 3.8) is 0 Å². The maximum Gasteiger partial charge on any atom is 0.162 e. The lowest BCUT2D eigenvalue weighted by molar-refractivity contribution is 0.0995. The standard InChI is InChI=1S/C14H20F2N2O/c15-13-5-1-3-10(14(13)16)9-11(18-17)6-7-12-4-2-8-19-12/h1,3,5,11-12,18H,2,4,6-9,17H2. The number of hydrazine groups is 1. The molecule has 0 radical (unpaired) electrons. The van der Waals surface area contributed by atoms with Crippen LogP contribution in [-0.4, -0.2) is 18.8 Å². The largest absolute Gasteiger partial charge is 0.378 e. The van der Waals surface area contributed by atoms with Crippen molar-refractivity contribution in [2.45, 2.75) is 44.2 Å². The third-order valence-corrected chi connectivity index (χ3v) is 3.59. The Bertz CT molecular complexity index is 408. The minimum atomic E-state index is -0.813. The fourth-order valence-corrected chi connectivity index (χ4v) is 2.47. The monoisotopic (exact) mass is 270 g/mol. The van der Waals surface area contributed by atoms with Crippen molar-refractivity contribution >= 4 is 0 Å². The quantitative estimate of drug-likeness (QED) is 0.616. The minimum Gasteiger partial charge on any atom is -0.378 e. The summed E-state index contributed by atoms with van der Waals surface area (Å²) in [6.07, 6.45) is 4.53. The van der Waals surface area contributed by atoms with Gasteiger partial charge in [-0.1, -0.05) is 12.1 Å². The number of hydrogen-bond acceptors (Lipinski definition) is 3. The lowest BCUT2D eigenvalue weighted by Gasteiger charge is -2.18. The molecule has 0 saturated carbocycles. The summed E-state index contributed by atoms with van der Waals surface area (Å²) in [7, 11) is 0.